The van der Waals surface area contributed by atoms with E-state index < -0.39 is 11.2 Å². The second-order valence-corrected chi connectivity index (χ2v) is 18.7. The molecular formula is C48H60Br2Cl2N4O8. The third-order valence-corrected chi connectivity index (χ3v) is 11.4. The minimum atomic E-state index is -0.532. The van der Waals surface area contributed by atoms with Gasteiger partial charge in [0.2, 0.25) is 0 Å². The number of hydrogen-bond donors (Lipinski definition) is 2. The Hall–Kier alpha value is -4.18. The summed E-state index contributed by atoms with van der Waals surface area (Å²) in [5, 5.41) is 6.52. The largest absolute Gasteiger partial charge is 0.462 e. The van der Waals surface area contributed by atoms with Gasteiger partial charge in [0.25, 0.3) is 0 Å². The third-order valence-electron chi connectivity index (χ3n) is 9.93. The Morgan fingerprint density at radius 2 is 0.891 bits per heavy atom. The van der Waals surface area contributed by atoms with Crippen LogP contribution in [0.2, 0.25) is 0 Å². The molecule has 8 rings (SSSR count). The Morgan fingerprint density at radius 1 is 0.516 bits per heavy atom. The van der Waals surface area contributed by atoms with Gasteiger partial charge in [0.05, 0.1) is 37.4 Å². The predicted molar refractivity (Wildman–Crippen MR) is 260 cm³/mol. The van der Waals surface area contributed by atoms with Crippen molar-refractivity contribution in [1.29, 1.82) is 0 Å². The molecule has 0 saturated heterocycles. The number of esters is 2. The molecule has 4 aromatic carbocycles. The molecule has 2 N–H and O–H groups in total. The summed E-state index contributed by atoms with van der Waals surface area (Å²) in [6, 6.07) is 23.6. The molecule has 0 aromatic heterocycles. The topological polar surface area (TPSA) is 136 Å². The monoisotopic (exact) mass is 1050 g/mol. The molecule has 12 nitrogen and oxygen atoms in total. The Bertz CT molecular complexity index is 2260. The van der Waals surface area contributed by atoms with Crippen molar-refractivity contribution in [1.82, 2.24) is 20.4 Å². The molecule has 4 aliphatic heterocycles. The maximum absolute atomic E-state index is 12.1. The average Bonchev–Trinajstić information content (AvgIpc) is 4.04. The molecular weight excluding hydrogens is 991 g/mol. The molecule has 4 aliphatic rings. The van der Waals surface area contributed by atoms with Crippen molar-refractivity contribution in [3.05, 3.63) is 137 Å². The van der Waals surface area contributed by atoms with Crippen LogP contribution in [-0.4, -0.2) is 58.3 Å². The van der Waals surface area contributed by atoms with Gasteiger partial charge in [0.1, 0.15) is 11.2 Å². The Kier molecular flexibility index (Phi) is 20.6. The molecule has 0 aliphatic carbocycles. The number of nitrogens with one attached hydrogen (secondary N) is 2. The molecule has 2 amide bonds. The quantitative estimate of drug-likeness (QED) is 0.150. The second-order valence-electron chi connectivity index (χ2n) is 17.0. The van der Waals surface area contributed by atoms with E-state index in [4.69, 9.17) is 18.9 Å². The van der Waals surface area contributed by atoms with E-state index in [0.29, 0.717) is 50.5 Å². The molecule has 4 aromatic rings. The van der Waals surface area contributed by atoms with Crippen LogP contribution in [0.15, 0.2) is 81.7 Å². The maximum Gasteiger partial charge on any atom is 0.410 e. The first-order valence-corrected chi connectivity index (χ1v) is 22.4. The number of nitrogens with zero attached hydrogens (tertiary/aromatic N) is 2. The summed E-state index contributed by atoms with van der Waals surface area (Å²) in [6.45, 7) is 21.2. The zero-order chi connectivity index (χ0) is 45.2. The fourth-order valence-corrected chi connectivity index (χ4v) is 8.21. The lowest BCUT2D eigenvalue weighted by atomic mass is 10.0. The molecule has 0 atom stereocenters. The van der Waals surface area contributed by atoms with Gasteiger partial charge in [0.15, 0.2) is 0 Å². The summed E-state index contributed by atoms with van der Waals surface area (Å²) in [7, 11) is 0. The van der Waals surface area contributed by atoms with E-state index in [2.05, 4.69) is 60.7 Å². The number of amides is 2. The van der Waals surface area contributed by atoms with Crippen LogP contribution in [0.5, 0.6) is 0 Å². The Balaban J connectivity index is 0.000000231. The van der Waals surface area contributed by atoms with Crippen LogP contribution in [0, 0.1) is 0 Å². The number of halogens is 4. The lowest BCUT2D eigenvalue weighted by molar-refractivity contribution is 0.0231. The van der Waals surface area contributed by atoms with Gasteiger partial charge < -0.3 is 29.6 Å². The fraction of sp³-hybridized carbons (Fsp3) is 0.417. The van der Waals surface area contributed by atoms with Crippen molar-refractivity contribution in [3.8, 4) is 0 Å². The van der Waals surface area contributed by atoms with Gasteiger partial charge >= 0.3 is 24.1 Å². The van der Waals surface area contributed by atoms with Gasteiger partial charge in [-0.1, -0.05) is 80.4 Å². The van der Waals surface area contributed by atoms with Crippen molar-refractivity contribution < 1.29 is 38.1 Å². The number of hydrogen-bond acceptors (Lipinski definition) is 10. The number of fused-ring (bicyclic) bond motifs is 4. The highest BCUT2D eigenvalue weighted by molar-refractivity contribution is 9.10. The van der Waals surface area contributed by atoms with Crippen molar-refractivity contribution >= 4 is 80.8 Å². The Morgan fingerprint density at radius 3 is 1.33 bits per heavy atom. The van der Waals surface area contributed by atoms with E-state index in [1.165, 1.54) is 32.3 Å². The molecule has 4 heterocycles. The van der Waals surface area contributed by atoms with Crippen molar-refractivity contribution in [3.63, 3.8) is 0 Å². The van der Waals surface area contributed by atoms with Gasteiger partial charge in [0, 0.05) is 48.2 Å². The number of benzene rings is 4. The summed E-state index contributed by atoms with van der Waals surface area (Å²) in [5.41, 5.74) is 9.57. The zero-order valence-electron chi connectivity index (χ0n) is 37.7. The van der Waals surface area contributed by atoms with Crippen LogP contribution in [-0.2, 0) is 71.3 Å². The fourth-order valence-electron chi connectivity index (χ4n) is 7.13. The van der Waals surface area contributed by atoms with Crippen LogP contribution < -0.4 is 10.6 Å². The smallest absolute Gasteiger partial charge is 0.410 e. The summed E-state index contributed by atoms with van der Waals surface area (Å²) < 4.78 is 23.1. The minimum absolute atomic E-state index is 0. The first-order chi connectivity index (χ1) is 29.4. The van der Waals surface area contributed by atoms with Gasteiger partial charge in [-0.25, -0.2) is 19.2 Å². The van der Waals surface area contributed by atoms with E-state index in [9.17, 15) is 19.2 Å². The first kappa shape index (κ1) is 54.2. The average molecular weight is 1050 g/mol. The van der Waals surface area contributed by atoms with E-state index in [1.807, 2.05) is 97.0 Å². The number of rotatable bonds is 4. The lowest BCUT2D eigenvalue weighted by Gasteiger charge is -2.24. The van der Waals surface area contributed by atoms with E-state index >= 15 is 0 Å². The molecule has 64 heavy (non-hydrogen) atoms. The second kappa shape index (κ2) is 24.4. The van der Waals surface area contributed by atoms with Crippen molar-refractivity contribution in [2.24, 2.45) is 0 Å². The van der Waals surface area contributed by atoms with Gasteiger partial charge in [-0.15, -0.1) is 24.8 Å². The molecule has 0 fully saturated rings. The van der Waals surface area contributed by atoms with Crippen molar-refractivity contribution in [2.45, 2.75) is 119 Å². The number of ether oxygens (including phenoxy) is 4. The lowest BCUT2D eigenvalue weighted by Crippen LogP contribution is -2.33. The van der Waals surface area contributed by atoms with Crippen molar-refractivity contribution in [2.75, 3.05) is 13.2 Å². The molecule has 16 heteroatoms. The van der Waals surface area contributed by atoms with E-state index in [1.54, 1.807) is 22.8 Å². The maximum atomic E-state index is 12.1. The predicted octanol–water partition coefficient (Wildman–Crippen LogP) is 11.2. The third kappa shape index (κ3) is 14.9. The van der Waals surface area contributed by atoms with Crippen LogP contribution in [0.4, 0.5) is 9.59 Å². The van der Waals surface area contributed by atoms with E-state index in [0.717, 1.165) is 47.3 Å². The van der Waals surface area contributed by atoms with Crippen LogP contribution in [0.25, 0.3) is 0 Å². The standard InChI is InChI=1S/C16H21NO4.C13H16BrNO2.C11H13NO2.C8H8BrN.2ClH/c1-5-20-14(18)12-8-6-7-11-9-17(10-13(11)12)15(19)21-16(2,3)4;1-13(2,3)17-12(16)15-7-9-5-4-6-11(14)10(9)8-15;1-2-14-11(13)9-5-3-4-8-6-12-7-10(8)9;9-8-3-1-2-6-4-10-5-7(6)8;;/h6-8H,5,9-10H2,1-4H3;4-6H,7-8H2,1-3H3;3-5,12H,2,6-7H2,1H3;1-3,10H,4-5H2;2*1H. The SMILES string of the molecule is Brc1cccc2c1CNC2.CC(C)(C)OC(=O)N1Cc2cccc(Br)c2C1.CCOC(=O)c1cccc2c1CN(C(=O)OC(C)(C)C)C2.CCOC(=O)c1cccc2c1CNC2.Cl.Cl. The Labute approximate surface area is 406 Å². The number of carbonyl (C=O) groups excluding carboxylic acids is 4. The highest BCUT2D eigenvalue weighted by Gasteiger charge is 2.31. The van der Waals surface area contributed by atoms with Crippen LogP contribution in [0.1, 0.15) is 121 Å². The normalized spacial score (nSPS) is 13.8. The zero-order valence-corrected chi connectivity index (χ0v) is 42.5. The van der Waals surface area contributed by atoms with Gasteiger partial charge in [-0.2, -0.15) is 0 Å². The molecule has 0 unspecified atom stereocenters. The number of carbonyl (C=O) groups is 4. The molecule has 348 valence electrons. The van der Waals surface area contributed by atoms with Gasteiger partial charge in [-0.05, 0) is 124 Å². The van der Waals surface area contributed by atoms with Crippen LogP contribution >= 0.6 is 56.7 Å². The van der Waals surface area contributed by atoms with Gasteiger partial charge in [-0.3, -0.25) is 9.80 Å². The molecule has 0 bridgehead atoms. The summed E-state index contributed by atoms with van der Waals surface area (Å²) >= 11 is 7.01. The molecule has 0 saturated carbocycles. The van der Waals surface area contributed by atoms with Crippen LogP contribution in [0.3, 0.4) is 0 Å². The first-order valence-electron chi connectivity index (χ1n) is 20.8. The minimum Gasteiger partial charge on any atom is -0.462 e. The van der Waals surface area contributed by atoms with E-state index in [-0.39, 0.29) is 48.9 Å². The molecule has 0 spiro atoms. The molecule has 0 radical (unpaired) electrons. The summed E-state index contributed by atoms with van der Waals surface area (Å²) in [4.78, 5) is 50.9. The highest BCUT2D eigenvalue weighted by atomic mass is 79.9. The highest BCUT2D eigenvalue weighted by Crippen LogP contribution is 2.31. The summed E-state index contributed by atoms with van der Waals surface area (Å²) in [6.07, 6.45) is -0.617. The summed E-state index contributed by atoms with van der Waals surface area (Å²) in [5.74, 6) is -0.562.